The van der Waals surface area contributed by atoms with Crippen molar-refractivity contribution in [2.45, 2.75) is 83.5 Å². The lowest BCUT2D eigenvalue weighted by molar-refractivity contribution is -0.120. The molecule has 184 valence electrons. The van der Waals surface area contributed by atoms with Crippen molar-refractivity contribution < 1.29 is 27.4 Å². The Hall–Kier alpha value is -2.76. The number of hydrogen-bond donors (Lipinski definition) is 0. The fourth-order valence-corrected chi connectivity index (χ4v) is 5.16. The zero-order chi connectivity index (χ0) is 24.6. The van der Waals surface area contributed by atoms with Gasteiger partial charge in [-0.2, -0.15) is 13.2 Å². The first kappa shape index (κ1) is 25.9. The van der Waals surface area contributed by atoms with Crippen molar-refractivity contribution in [2.24, 2.45) is 0 Å². The summed E-state index contributed by atoms with van der Waals surface area (Å²) in [5, 5.41) is 0. The Labute approximate surface area is 200 Å². The molecule has 0 bridgehead atoms. The van der Waals surface area contributed by atoms with Crippen molar-refractivity contribution in [2.75, 3.05) is 0 Å². The summed E-state index contributed by atoms with van der Waals surface area (Å²) in [6, 6.07) is 8.78. The van der Waals surface area contributed by atoms with Crippen molar-refractivity contribution in [1.29, 1.82) is 0 Å². The summed E-state index contributed by atoms with van der Waals surface area (Å²) in [5.74, 6) is 0.519. The molecule has 0 N–H and O–H groups in total. The third kappa shape index (κ3) is 5.65. The summed E-state index contributed by atoms with van der Waals surface area (Å²) >= 11 is 0. The highest BCUT2D eigenvalue weighted by Gasteiger charge is 2.43. The van der Waals surface area contributed by atoms with E-state index in [-0.39, 0.29) is 11.2 Å². The van der Waals surface area contributed by atoms with E-state index < -0.39 is 12.1 Å². The van der Waals surface area contributed by atoms with Gasteiger partial charge in [-0.05, 0) is 59.4 Å². The number of fused-ring (bicyclic) bond motifs is 3. The summed E-state index contributed by atoms with van der Waals surface area (Å²) in [7, 11) is 0. The quantitative estimate of drug-likeness (QED) is 0.156. The Balaban J connectivity index is 2.11. The summed E-state index contributed by atoms with van der Waals surface area (Å²) in [4.78, 5) is 11.0. The van der Waals surface area contributed by atoms with Crippen molar-refractivity contribution in [3.63, 3.8) is 0 Å². The number of hydrogen-bond acceptors (Lipinski definition) is 3. The molecule has 3 rings (SSSR count). The minimum Gasteiger partial charge on any atom is -0.429 e. The maximum atomic E-state index is 13.6. The topological polar surface area (TPSA) is 35.5 Å². The van der Waals surface area contributed by atoms with Crippen molar-refractivity contribution in [3.8, 4) is 22.6 Å². The SMILES string of the molecule is CCCCCCC1(CCCCCC)c2cc(OC=O)ccc2-c2ccc(OC(F)=C(F)F)cc21. The van der Waals surface area contributed by atoms with E-state index >= 15 is 0 Å². The van der Waals surface area contributed by atoms with Gasteiger partial charge in [-0.3, -0.25) is 4.79 Å². The summed E-state index contributed by atoms with van der Waals surface area (Å²) < 4.78 is 49.0. The van der Waals surface area contributed by atoms with E-state index in [2.05, 4.69) is 13.8 Å². The number of ether oxygens (including phenoxy) is 2. The van der Waals surface area contributed by atoms with E-state index in [1.165, 1.54) is 6.07 Å². The number of unbranched alkanes of at least 4 members (excludes halogenated alkanes) is 6. The lowest BCUT2D eigenvalue weighted by Crippen LogP contribution is -2.25. The normalized spacial score (nSPS) is 13.2. The van der Waals surface area contributed by atoms with E-state index in [0.717, 1.165) is 86.5 Å². The molecule has 2 aromatic rings. The van der Waals surface area contributed by atoms with Crippen LogP contribution in [0, 0.1) is 0 Å². The van der Waals surface area contributed by atoms with Gasteiger partial charge < -0.3 is 9.47 Å². The molecule has 34 heavy (non-hydrogen) atoms. The highest BCUT2D eigenvalue weighted by Crippen LogP contribution is 2.55. The molecule has 0 amide bonds. The van der Waals surface area contributed by atoms with Gasteiger partial charge in [0, 0.05) is 5.41 Å². The molecule has 0 fully saturated rings. The number of rotatable bonds is 14. The van der Waals surface area contributed by atoms with E-state index in [1.807, 2.05) is 18.2 Å². The van der Waals surface area contributed by atoms with Gasteiger partial charge in [-0.1, -0.05) is 77.3 Å². The Morgan fingerprint density at radius 1 is 0.794 bits per heavy atom. The van der Waals surface area contributed by atoms with Crippen molar-refractivity contribution in [1.82, 2.24) is 0 Å². The third-order valence-corrected chi connectivity index (χ3v) is 6.76. The van der Waals surface area contributed by atoms with Gasteiger partial charge in [0.1, 0.15) is 11.5 Å². The van der Waals surface area contributed by atoms with Crippen LogP contribution in [0.15, 0.2) is 48.5 Å². The van der Waals surface area contributed by atoms with Crippen LogP contribution in [0.2, 0.25) is 0 Å². The standard InChI is InChI=1S/C28H33F3O3/c1-3-5-7-9-15-28(16-10-8-6-4-2)24-17-20(33-19-32)11-13-22(24)23-14-12-21(18-25(23)28)34-27(31)26(29)30/h11-14,17-19H,3-10,15-16H2,1-2H3. The monoisotopic (exact) mass is 474 g/mol. The first-order chi connectivity index (χ1) is 16.5. The fraction of sp³-hybridized carbons (Fsp3) is 0.464. The van der Waals surface area contributed by atoms with Gasteiger partial charge in [0.05, 0.1) is 0 Å². The van der Waals surface area contributed by atoms with E-state index in [9.17, 15) is 18.0 Å². The average Bonchev–Trinajstić information content (AvgIpc) is 3.09. The van der Waals surface area contributed by atoms with E-state index in [0.29, 0.717) is 12.2 Å². The van der Waals surface area contributed by atoms with Crippen molar-refractivity contribution in [3.05, 3.63) is 59.6 Å². The van der Waals surface area contributed by atoms with E-state index in [1.54, 1.807) is 12.1 Å². The minimum absolute atomic E-state index is 0.0488. The fourth-order valence-electron chi connectivity index (χ4n) is 5.16. The average molecular weight is 475 g/mol. The molecule has 0 saturated heterocycles. The van der Waals surface area contributed by atoms with Gasteiger partial charge in [0.25, 0.3) is 6.47 Å². The molecule has 0 heterocycles. The van der Waals surface area contributed by atoms with Gasteiger partial charge >= 0.3 is 12.1 Å². The highest BCUT2D eigenvalue weighted by atomic mass is 19.3. The Kier molecular flexibility index (Phi) is 9.20. The lowest BCUT2D eigenvalue weighted by atomic mass is 9.70. The molecule has 0 spiro atoms. The Morgan fingerprint density at radius 3 is 1.82 bits per heavy atom. The second kappa shape index (κ2) is 12.1. The third-order valence-electron chi connectivity index (χ3n) is 6.76. The van der Waals surface area contributed by atoms with Gasteiger partial charge in [-0.15, -0.1) is 0 Å². The van der Waals surface area contributed by atoms with Crippen LogP contribution in [0.5, 0.6) is 11.5 Å². The largest absolute Gasteiger partial charge is 0.429 e. The Morgan fingerprint density at radius 2 is 1.32 bits per heavy atom. The van der Waals surface area contributed by atoms with Crippen LogP contribution in [0.4, 0.5) is 13.2 Å². The summed E-state index contributed by atoms with van der Waals surface area (Å²) in [5.41, 5.74) is 3.65. The van der Waals surface area contributed by atoms with E-state index in [4.69, 9.17) is 9.47 Å². The molecule has 0 aromatic heterocycles. The molecule has 6 heteroatoms. The van der Waals surface area contributed by atoms with Gasteiger partial charge in [-0.25, -0.2) is 0 Å². The maximum absolute atomic E-state index is 13.6. The summed E-state index contributed by atoms with van der Waals surface area (Å²) in [6.45, 7) is 4.75. The molecule has 1 aliphatic rings. The molecule has 0 radical (unpaired) electrons. The molecule has 2 aromatic carbocycles. The second-order valence-corrected chi connectivity index (χ2v) is 8.97. The zero-order valence-electron chi connectivity index (χ0n) is 20.0. The maximum Gasteiger partial charge on any atom is 0.344 e. The molecule has 3 nitrogen and oxygen atoms in total. The van der Waals surface area contributed by atoms with Crippen LogP contribution in [0.3, 0.4) is 0 Å². The molecule has 1 aliphatic carbocycles. The van der Waals surface area contributed by atoms with Crippen molar-refractivity contribution >= 4 is 6.47 Å². The minimum atomic E-state index is -2.48. The Bertz CT molecular complexity index is 1000. The molecule has 0 aliphatic heterocycles. The van der Waals surface area contributed by atoms with Crippen LogP contribution in [0.1, 0.15) is 89.2 Å². The number of benzene rings is 2. The smallest absolute Gasteiger partial charge is 0.344 e. The lowest BCUT2D eigenvalue weighted by Gasteiger charge is -2.33. The first-order valence-corrected chi connectivity index (χ1v) is 12.2. The zero-order valence-corrected chi connectivity index (χ0v) is 20.0. The van der Waals surface area contributed by atoms with Crippen LogP contribution in [-0.4, -0.2) is 6.47 Å². The molecular weight excluding hydrogens is 441 g/mol. The summed E-state index contributed by atoms with van der Waals surface area (Å²) in [6.07, 6.45) is 7.92. The molecule has 0 saturated carbocycles. The van der Waals surface area contributed by atoms with Gasteiger partial charge in [0.2, 0.25) is 0 Å². The van der Waals surface area contributed by atoms with Crippen LogP contribution in [-0.2, 0) is 10.2 Å². The highest BCUT2D eigenvalue weighted by molar-refractivity contribution is 5.82. The number of carbonyl (C=O) groups is 1. The predicted molar refractivity (Wildman–Crippen MR) is 128 cm³/mol. The molecule has 0 atom stereocenters. The van der Waals surface area contributed by atoms with Crippen LogP contribution >= 0.6 is 0 Å². The number of carbonyl (C=O) groups excluding carboxylic acids is 1. The van der Waals surface area contributed by atoms with Crippen LogP contribution in [0.25, 0.3) is 11.1 Å². The predicted octanol–water partition coefficient (Wildman–Crippen LogP) is 8.84. The number of halogens is 3. The first-order valence-electron chi connectivity index (χ1n) is 12.2. The van der Waals surface area contributed by atoms with Gasteiger partial charge in [0.15, 0.2) is 0 Å². The van der Waals surface area contributed by atoms with Crippen LogP contribution < -0.4 is 9.47 Å². The second-order valence-electron chi connectivity index (χ2n) is 8.97. The molecule has 0 unspecified atom stereocenters. The molecular formula is C28H33F3O3.